The van der Waals surface area contributed by atoms with Crippen LogP contribution >= 0.6 is 0 Å². The fraction of sp³-hybridized carbons (Fsp3) is 0.750. The Morgan fingerprint density at radius 1 is 1.25 bits per heavy atom. The molecule has 1 heterocycles. The van der Waals surface area contributed by atoms with Crippen molar-refractivity contribution in [3.05, 3.63) is 11.7 Å². The standard InChI is InChI=1S/C12H21N3O5/c1-2-3-9-13-11(20-15-9)5-4-10(19)14-12(6-16,7-17)8-18/h16-18H,2-8H2,1H3,(H,14,19). The highest BCUT2D eigenvalue weighted by atomic mass is 16.5. The maximum Gasteiger partial charge on any atom is 0.227 e. The second-order valence-corrected chi connectivity index (χ2v) is 4.66. The molecule has 0 atom stereocenters. The third kappa shape index (κ3) is 4.55. The van der Waals surface area contributed by atoms with E-state index in [9.17, 15) is 4.79 Å². The van der Waals surface area contributed by atoms with Crippen molar-refractivity contribution in [1.82, 2.24) is 15.5 Å². The summed E-state index contributed by atoms with van der Waals surface area (Å²) in [4.78, 5) is 15.8. The van der Waals surface area contributed by atoms with Crippen molar-refractivity contribution in [3.8, 4) is 0 Å². The number of aryl methyl sites for hydroxylation is 2. The Labute approximate surface area is 116 Å². The summed E-state index contributed by atoms with van der Waals surface area (Å²) in [7, 11) is 0. The van der Waals surface area contributed by atoms with Crippen LogP contribution in [0.1, 0.15) is 31.5 Å². The van der Waals surface area contributed by atoms with Gasteiger partial charge in [0.1, 0.15) is 5.54 Å². The number of aromatic nitrogens is 2. The molecular formula is C12H21N3O5. The van der Waals surface area contributed by atoms with Crippen LogP contribution in [0.3, 0.4) is 0 Å². The molecule has 8 heteroatoms. The van der Waals surface area contributed by atoms with Crippen molar-refractivity contribution in [2.75, 3.05) is 19.8 Å². The predicted octanol–water partition coefficient (Wildman–Crippen LogP) is -1.21. The molecule has 20 heavy (non-hydrogen) atoms. The van der Waals surface area contributed by atoms with E-state index in [0.29, 0.717) is 11.7 Å². The Kier molecular flexibility index (Phi) is 6.56. The number of aliphatic hydroxyl groups is 3. The molecule has 0 radical (unpaired) electrons. The van der Waals surface area contributed by atoms with Gasteiger partial charge in [-0.25, -0.2) is 0 Å². The van der Waals surface area contributed by atoms with Crippen molar-refractivity contribution in [2.45, 2.75) is 38.1 Å². The molecule has 0 spiro atoms. The molecule has 8 nitrogen and oxygen atoms in total. The largest absolute Gasteiger partial charge is 0.394 e. The minimum absolute atomic E-state index is 0.0650. The van der Waals surface area contributed by atoms with E-state index in [2.05, 4.69) is 15.5 Å². The summed E-state index contributed by atoms with van der Waals surface area (Å²) in [6.07, 6.45) is 1.96. The molecule has 1 rings (SSSR count). The second-order valence-electron chi connectivity index (χ2n) is 4.66. The number of carbonyl (C=O) groups is 1. The maximum atomic E-state index is 11.7. The molecule has 0 aliphatic heterocycles. The van der Waals surface area contributed by atoms with Gasteiger partial charge in [0.25, 0.3) is 0 Å². The molecular weight excluding hydrogens is 266 g/mol. The second kappa shape index (κ2) is 7.93. The van der Waals surface area contributed by atoms with Crippen LogP contribution in [0.25, 0.3) is 0 Å². The molecule has 0 aliphatic carbocycles. The van der Waals surface area contributed by atoms with Gasteiger partial charge in [-0.15, -0.1) is 0 Å². The summed E-state index contributed by atoms with van der Waals surface area (Å²) >= 11 is 0. The molecule has 1 aromatic heterocycles. The van der Waals surface area contributed by atoms with Crippen LogP contribution in [0.5, 0.6) is 0 Å². The fourth-order valence-electron chi connectivity index (χ4n) is 1.56. The highest BCUT2D eigenvalue weighted by molar-refractivity contribution is 5.77. The highest BCUT2D eigenvalue weighted by Crippen LogP contribution is 2.06. The average molecular weight is 287 g/mol. The molecule has 1 amide bonds. The zero-order valence-corrected chi connectivity index (χ0v) is 11.5. The van der Waals surface area contributed by atoms with Gasteiger partial charge < -0.3 is 25.2 Å². The molecule has 0 aliphatic rings. The first-order valence-corrected chi connectivity index (χ1v) is 6.54. The van der Waals surface area contributed by atoms with E-state index in [1.165, 1.54) is 0 Å². The van der Waals surface area contributed by atoms with E-state index in [1.54, 1.807) is 0 Å². The number of carbonyl (C=O) groups excluding carboxylic acids is 1. The molecule has 114 valence electrons. The van der Waals surface area contributed by atoms with Crippen molar-refractivity contribution in [1.29, 1.82) is 0 Å². The quantitative estimate of drug-likeness (QED) is 0.448. The van der Waals surface area contributed by atoms with Crippen LogP contribution < -0.4 is 5.32 Å². The van der Waals surface area contributed by atoms with E-state index in [1.807, 2.05) is 6.92 Å². The van der Waals surface area contributed by atoms with E-state index in [4.69, 9.17) is 19.8 Å². The zero-order chi connectivity index (χ0) is 15.0. The molecule has 4 N–H and O–H groups in total. The summed E-state index contributed by atoms with van der Waals surface area (Å²) in [5.74, 6) is 0.557. The number of nitrogens with zero attached hydrogens (tertiary/aromatic N) is 2. The minimum atomic E-state index is -1.40. The number of amides is 1. The average Bonchev–Trinajstić information content (AvgIpc) is 2.91. The fourth-order valence-corrected chi connectivity index (χ4v) is 1.56. The first-order valence-electron chi connectivity index (χ1n) is 6.54. The lowest BCUT2D eigenvalue weighted by atomic mass is 10.0. The molecule has 1 aromatic rings. The minimum Gasteiger partial charge on any atom is -0.394 e. The van der Waals surface area contributed by atoms with Gasteiger partial charge in [-0.1, -0.05) is 12.1 Å². The number of aliphatic hydroxyl groups excluding tert-OH is 3. The lowest BCUT2D eigenvalue weighted by Crippen LogP contribution is -2.57. The Morgan fingerprint density at radius 3 is 2.45 bits per heavy atom. The number of hydrogen-bond acceptors (Lipinski definition) is 7. The van der Waals surface area contributed by atoms with Gasteiger partial charge in [0.2, 0.25) is 11.8 Å². The van der Waals surface area contributed by atoms with Gasteiger partial charge in [0.05, 0.1) is 19.8 Å². The molecule has 0 saturated carbocycles. The Morgan fingerprint density at radius 2 is 1.90 bits per heavy atom. The first kappa shape index (κ1) is 16.5. The molecule has 0 bridgehead atoms. The number of rotatable bonds is 9. The summed E-state index contributed by atoms with van der Waals surface area (Å²) in [5.41, 5.74) is -1.40. The van der Waals surface area contributed by atoms with Crippen molar-refractivity contribution >= 4 is 5.91 Å². The Hall–Kier alpha value is -1.51. The smallest absolute Gasteiger partial charge is 0.227 e. The Balaban J connectivity index is 2.46. The van der Waals surface area contributed by atoms with Gasteiger partial charge in [-0.3, -0.25) is 4.79 Å². The zero-order valence-electron chi connectivity index (χ0n) is 11.5. The van der Waals surface area contributed by atoms with E-state index >= 15 is 0 Å². The van der Waals surface area contributed by atoms with E-state index in [0.717, 1.165) is 12.8 Å². The van der Waals surface area contributed by atoms with Gasteiger partial charge in [0.15, 0.2) is 5.82 Å². The molecule has 0 unspecified atom stereocenters. The number of hydrogen-bond donors (Lipinski definition) is 4. The third-order valence-corrected chi connectivity index (χ3v) is 2.86. The van der Waals surface area contributed by atoms with Crippen LogP contribution in [0.4, 0.5) is 0 Å². The summed E-state index contributed by atoms with van der Waals surface area (Å²) < 4.78 is 4.99. The first-order chi connectivity index (χ1) is 9.59. The van der Waals surface area contributed by atoms with Gasteiger partial charge in [-0.05, 0) is 6.42 Å². The monoisotopic (exact) mass is 287 g/mol. The van der Waals surface area contributed by atoms with E-state index in [-0.39, 0.29) is 12.8 Å². The van der Waals surface area contributed by atoms with E-state index < -0.39 is 31.3 Å². The lowest BCUT2D eigenvalue weighted by molar-refractivity contribution is -0.125. The predicted molar refractivity (Wildman–Crippen MR) is 68.7 cm³/mol. The lowest BCUT2D eigenvalue weighted by Gasteiger charge is -2.28. The van der Waals surface area contributed by atoms with Crippen molar-refractivity contribution in [3.63, 3.8) is 0 Å². The molecule has 0 saturated heterocycles. The van der Waals surface area contributed by atoms with Crippen LogP contribution in [0.15, 0.2) is 4.52 Å². The van der Waals surface area contributed by atoms with Crippen LogP contribution in [0, 0.1) is 0 Å². The third-order valence-electron chi connectivity index (χ3n) is 2.86. The van der Waals surface area contributed by atoms with Gasteiger partial charge in [-0.2, -0.15) is 4.98 Å². The van der Waals surface area contributed by atoms with Gasteiger partial charge >= 0.3 is 0 Å². The SMILES string of the molecule is CCCc1noc(CCC(=O)NC(CO)(CO)CO)n1. The highest BCUT2D eigenvalue weighted by Gasteiger charge is 2.29. The summed E-state index contributed by atoms with van der Waals surface area (Å²) in [5, 5.41) is 33.5. The number of nitrogens with one attached hydrogen (secondary N) is 1. The van der Waals surface area contributed by atoms with Crippen molar-refractivity contribution in [2.24, 2.45) is 0 Å². The maximum absolute atomic E-state index is 11.7. The Bertz CT molecular complexity index is 409. The normalized spacial score (nSPS) is 11.6. The molecule has 0 aromatic carbocycles. The van der Waals surface area contributed by atoms with Crippen molar-refractivity contribution < 1.29 is 24.6 Å². The van der Waals surface area contributed by atoms with Crippen LogP contribution in [-0.2, 0) is 17.6 Å². The molecule has 0 fully saturated rings. The summed E-state index contributed by atoms with van der Waals surface area (Å²) in [6.45, 7) is 0.356. The topological polar surface area (TPSA) is 129 Å². The van der Waals surface area contributed by atoms with Gasteiger partial charge in [0, 0.05) is 19.3 Å². The van der Waals surface area contributed by atoms with Crippen LogP contribution in [0.2, 0.25) is 0 Å². The van der Waals surface area contributed by atoms with Crippen LogP contribution in [-0.4, -0.2) is 56.7 Å². The summed E-state index contributed by atoms with van der Waals surface area (Å²) in [6, 6.07) is 0.